The summed E-state index contributed by atoms with van der Waals surface area (Å²) in [6.07, 6.45) is 4.78. The van der Waals surface area contributed by atoms with Gasteiger partial charge in [-0.05, 0) is 50.8 Å². The number of nitrogens with zero attached hydrogens (tertiary/aromatic N) is 3. The van der Waals surface area contributed by atoms with E-state index in [9.17, 15) is 22.8 Å². The van der Waals surface area contributed by atoms with Crippen LogP contribution in [0.2, 0.25) is 0 Å². The van der Waals surface area contributed by atoms with Gasteiger partial charge in [0.2, 0.25) is 15.9 Å². The molecule has 2 aliphatic rings. The molecule has 2 fully saturated rings. The van der Waals surface area contributed by atoms with Crippen LogP contribution in [0.25, 0.3) is 0 Å². The standard InChI is InChI=1S/C24H35N3O6S/c1-3-33-24(30)19-11-15-26(16-12-19)22(28)18-25(2)23(29)20-9-8-10-21(17-20)34(31,32)27-13-6-4-5-7-14-27/h8-10,17,19H,3-7,11-16,18H2,1-2H3. The maximum absolute atomic E-state index is 13.1. The molecule has 2 aliphatic heterocycles. The highest BCUT2D eigenvalue weighted by Gasteiger charge is 2.30. The fraction of sp³-hybridized carbons (Fsp3) is 0.625. The van der Waals surface area contributed by atoms with E-state index in [1.54, 1.807) is 24.0 Å². The topological polar surface area (TPSA) is 104 Å². The summed E-state index contributed by atoms with van der Waals surface area (Å²) in [7, 11) is -2.14. The van der Waals surface area contributed by atoms with Crippen LogP contribution < -0.4 is 0 Å². The zero-order valence-corrected chi connectivity index (χ0v) is 20.9. The third-order valence-corrected chi connectivity index (χ3v) is 8.37. The fourth-order valence-electron chi connectivity index (χ4n) is 4.44. The number of esters is 1. The third-order valence-electron chi connectivity index (χ3n) is 6.47. The van der Waals surface area contributed by atoms with Crippen molar-refractivity contribution in [3.05, 3.63) is 29.8 Å². The Kier molecular flexibility index (Phi) is 9.07. The molecule has 2 saturated heterocycles. The Hall–Kier alpha value is -2.46. The van der Waals surface area contributed by atoms with E-state index < -0.39 is 15.9 Å². The predicted molar refractivity (Wildman–Crippen MR) is 127 cm³/mol. The summed E-state index contributed by atoms with van der Waals surface area (Å²) in [6.45, 7) is 3.84. The normalized spacial score (nSPS) is 18.2. The van der Waals surface area contributed by atoms with Crippen LogP contribution in [0.15, 0.2) is 29.2 Å². The summed E-state index contributed by atoms with van der Waals surface area (Å²) < 4.78 is 32.7. The number of likely N-dealkylation sites (tertiary alicyclic amines) is 1. The van der Waals surface area contributed by atoms with Crippen molar-refractivity contribution in [2.45, 2.75) is 50.3 Å². The van der Waals surface area contributed by atoms with Crippen LogP contribution in [-0.4, -0.2) is 86.7 Å². The summed E-state index contributed by atoms with van der Waals surface area (Å²) in [4.78, 5) is 40.6. The molecule has 0 saturated carbocycles. The summed E-state index contributed by atoms with van der Waals surface area (Å²) in [6, 6.07) is 6.04. The molecule has 34 heavy (non-hydrogen) atoms. The molecule has 1 aromatic rings. The fourth-order valence-corrected chi connectivity index (χ4v) is 6.00. The molecule has 0 aromatic heterocycles. The highest BCUT2D eigenvalue weighted by molar-refractivity contribution is 7.89. The first kappa shape index (κ1) is 26.2. The molecule has 0 aliphatic carbocycles. The van der Waals surface area contributed by atoms with Crippen LogP contribution in [0.4, 0.5) is 0 Å². The number of sulfonamides is 1. The van der Waals surface area contributed by atoms with Gasteiger partial charge in [0.25, 0.3) is 5.91 Å². The van der Waals surface area contributed by atoms with E-state index >= 15 is 0 Å². The Bertz CT molecular complexity index is 980. The molecule has 0 atom stereocenters. The molecule has 10 heteroatoms. The van der Waals surface area contributed by atoms with E-state index in [2.05, 4.69) is 0 Å². The highest BCUT2D eigenvalue weighted by atomic mass is 32.2. The van der Waals surface area contributed by atoms with E-state index in [4.69, 9.17) is 4.74 Å². The first-order valence-corrected chi connectivity index (χ1v) is 13.5. The van der Waals surface area contributed by atoms with Crippen LogP contribution in [0, 0.1) is 5.92 Å². The van der Waals surface area contributed by atoms with E-state index in [-0.39, 0.29) is 34.8 Å². The minimum absolute atomic E-state index is 0.0982. The van der Waals surface area contributed by atoms with Crippen LogP contribution in [0.5, 0.6) is 0 Å². The number of rotatable bonds is 7. The Balaban J connectivity index is 1.60. The highest BCUT2D eigenvalue weighted by Crippen LogP contribution is 2.22. The van der Waals surface area contributed by atoms with E-state index in [1.807, 2.05) is 0 Å². The molecule has 0 spiro atoms. The van der Waals surface area contributed by atoms with Gasteiger partial charge < -0.3 is 14.5 Å². The largest absolute Gasteiger partial charge is 0.466 e. The summed E-state index contributed by atoms with van der Waals surface area (Å²) in [5.74, 6) is -1.04. The van der Waals surface area contributed by atoms with Gasteiger partial charge in [0.1, 0.15) is 0 Å². The smallest absolute Gasteiger partial charge is 0.309 e. The van der Waals surface area contributed by atoms with Crippen molar-refractivity contribution >= 4 is 27.8 Å². The quantitative estimate of drug-likeness (QED) is 0.539. The number of piperidine rings is 1. The number of hydrogen-bond acceptors (Lipinski definition) is 6. The number of carbonyl (C=O) groups excluding carboxylic acids is 3. The zero-order chi connectivity index (χ0) is 24.7. The van der Waals surface area contributed by atoms with E-state index in [0.29, 0.717) is 45.6 Å². The number of benzene rings is 1. The lowest BCUT2D eigenvalue weighted by Crippen LogP contribution is -2.45. The lowest BCUT2D eigenvalue weighted by Gasteiger charge is -2.32. The summed E-state index contributed by atoms with van der Waals surface area (Å²) in [5.41, 5.74) is 0.229. The van der Waals surface area contributed by atoms with Gasteiger partial charge in [0.15, 0.2) is 0 Å². The van der Waals surface area contributed by atoms with Gasteiger partial charge in [-0.3, -0.25) is 14.4 Å². The minimum Gasteiger partial charge on any atom is -0.466 e. The second kappa shape index (κ2) is 11.8. The van der Waals surface area contributed by atoms with Crippen molar-refractivity contribution in [3.63, 3.8) is 0 Å². The molecule has 2 heterocycles. The first-order chi connectivity index (χ1) is 16.2. The van der Waals surface area contributed by atoms with E-state index in [1.165, 1.54) is 28.4 Å². The van der Waals surface area contributed by atoms with Crippen LogP contribution in [-0.2, 0) is 24.3 Å². The number of likely N-dealkylation sites (N-methyl/N-ethyl adjacent to an activating group) is 1. The van der Waals surface area contributed by atoms with Crippen LogP contribution in [0.1, 0.15) is 55.8 Å². The van der Waals surface area contributed by atoms with Crippen LogP contribution >= 0.6 is 0 Å². The summed E-state index contributed by atoms with van der Waals surface area (Å²) >= 11 is 0. The molecule has 1 aromatic carbocycles. The lowest BCUT2D eigenvalue weighted by molar-refractivity contribution is -0.151. The minimum atomic E-state index is -3.67. The molecule has 9 nitrogen and oxygen atoms in total. The van der Waals surface area contributed by atoms with Crippen molar-refractivity contribution < 1.29 is 27.5 Å². The van der Waals surface area contributed by atoms with Crippen molar-refractivity contribution in [1.82, 2.24) is 14.1 Å². The third kappa shape index (κ3) is 6.35. The second-order valence-corrected chi connectivity index (χ2v) is 10.9. The number of carbonyl (C=O) groups is 3. The maximum atomic E-state index is 13.1. The average Bonchev–Trinajstić information content (AvgIpc) is 3.14. The molecular formula is C24H35N3O6S. The van der Waals surface area contributed by atoms with Gasteiger partial charge in [0.05, 0.1) is 24.0 Å². The number of amides is 2. The van der Waals surface area contributed by atoms with Gasteiger partial charge in [-0.2, -0.15) is 4.31 Å². The van der Waals surface area contributed by atoms with Gasteiger partial charge in [0, 0.05) is 38.8 Å². The Morgan fingerprint density at radius 3 is 2.29 bits per heavy atom. The average molecular weight is 494 g/mol. The molecule has 2 amide bonds. The molecule has 0 radical (unpaired) electrons. The van der Waals surface area contributed by atoms with Crippen molar-refractivity contribution in [3.8, 4) is 0 Å². The zero-order valence-electron chi connectivity index (χ0n) is 20.1. The Morgan fingerprint density at radius 1 is 1.03 bits per heavy atom. The summed E-state index contributed by atoms with van der Waals surface area (Å²) in [5, 5.41) is 0. The first-order valence-electron chi connectivity index (χ1n) is 12.0. The number of ether oxygens (including phenoxy) is 1. The maximum Gasteiger partial charge on any atom is 0.309 e. The Labute approximate surface area is 202 Å². The lowest BCUT2D eigenvalue weighted by atomic mass is 9.97. The van der Waals surface area contributed by atoms with Crippen molar-refractivity contribution in [1.29, 1.82) is 0 Å². The molecule has 188 valence electrons. The monoisotopic (exact) mass is 493 g/mol. The van der Waals surface area contributed by atoms with Crippen molar-refractivity contribution in [2.75, 3.05) is 46.4 Å². The molecule has 0 bridgehead atoms. The predicted octanol–water partition coefficient (Wildman–Crippen LogP) is 2.12. The molecule has 3 rings (SSSR count). The SMILES string of the molecule is CCOC(=O)C1CCN(C(=O)CN(C)C(=O)c2cccc(S(=O)(=O)N3CCCCCC3)c2)CC1. The van der Waals surface area contributed by atoms with E-state index in [0.717, 1.165) is 25.7 Å². The Morgan fingerprint density at radius 2 is 1.68 bits per heavy atom. The van der Waals surface area contributed by atoms with Crippen LogP contribution in [0.3, 0.4) is 0 Å². The number of hydrogen-bond donors (Lipinski definition) is 0. The molecular weight excluding hydrogens is 458 g/mol. The second-order valence-electron chi connectivity index (χ2n) is 8.91. The van der Waals surface area contributed by atoms with Crippen molar-refractivity contribution in [2.24, 2.45) is 5.92 Å². The molecule has 0 unspecified atom stereocenters. The van der Waals surface area contributed by atoms with Gasteiger partial charge in [-0.15, -0.1) is 0 Å². The molecule has 0 N–H and O–H groups in total. The van der Waals surface area contributed by atoms with Gasteiger partial charge in [-0.1, -0.05) is 18.9 Å². The van der Waals surface area contributed by atoms with Gasteiger partial charge in [-0.25, -0.2) is 8.42 Å². The van der Waals surface area contributed by atoms with Gasteiger partial charge >= 0.3 is 5.97 Å².